The molecular formula is C14H18FN3O. The van der Waals surface area contributed by atoms with Crippen LogP contribution in [-0.2, 0) is 13.1 Å². The minimum absolute atomic E-state index is 0.271. The molecule has 0 spiro atoms. The van der Waals surface area contributed by atoms with E-state index in [0.29, 0.717) is 23.6 Å². The van der Waals surface area contributed by atoms with Crippen LogP contribution < -0.4 is 10.1 Å². The number of hydrogen-bond acceptors (Lipinski definition) is 3. The van der Waals surface area contributed by atoms with Crippen LogP contribution in [0.15, 0.2) is 30.6 Å². The van der Waals surface area contributed by atoms with Gasteiger partial charge in [-0.25, -0.2) is 4.39 Å². The van der Waals surface area contributed by atoms with Crippen LogP contribution in [-0.4, -0.2) is 16.8 Å². The molecule has 0 aliphatic rings. The lowest BCUT2D eigenvalue weighted by Gasteiger charge is -2.10. The van der Waals surface area contributed by atoms with E-state index in [2.05, 4.69) is 17.3 Å². The number of ether oxygens (including phenoxy) is 1. The van der Waals surface area contributed by atoms with E-state index in [4.69, 9.17) is 4.74 Å². The highest BCUT2D eigenvalue weighted by atomic mass is 19.1. The summed E-state index contributed by atoms with van der Waals surface area (Å²) in [6.45, 7) is 3.35. The summed E-state index contributed by atoms with van der Waals surface area (Å²) >= 11 is 0. The molecule has 0 amide bonds. The highest BCUT2D eigenvalue weighted by molar-refractivity contribution is 5.37. The van der Waals surface area contributed by atoms with Crippen LogP contribution in [0.25, 0.3) is 0 Å². The van der Waals surface area contributed by atoms with Gasteiger partial charge in [-0.15, -0.1) is 0 Å². The van der Waals surface area contributed by atoms with E-state index >= 15 is 0 Å². The Kier molecular flexibility index (Phi) is 4.52. The summed E-state index contributed by atoms with van der Waals surface area (Å²) in [4.78, 5) is 0. The third-order valence-electron chi connectivity index (χ3n) is 2.72. The van der Waals surface area contributed by atoms with Crippen LogP contribution >= 0.6 is 0 Å². The van der Waals surface area contributed by atoms with E-state index in [9.17, 15) is 4.39 Å². The van der Waals surface area contributed by atoms with Crippen molar-refractivity contribution in [2.45, 2.75) is 26.4 Å². The molecule has 4 nitrogen and oxygen atoms in total. The molecule has 5 heteroatoms. The van der Waals surface area contributed by atoms with Crippen LogP contribution in [0.5, 0.6) is 11.5 Å². The zero-order valence-electron chi connectivity index (χ0n) is 11.2. The summed E-state index contributed by atoms with van der Waals surface area (Å²) in [5.41, 5.74) is 0.522. The van der Waals surface area contributed by atoms with Crippen molar-refractivity contribution >= 4 is 0 Å². The van der Waals surface area contributed by atoms with Gasteiger partial charge < -0.3 is 10.1 Å². The van der Waals surface area contributed by atoms with Gasteiger partial charge in [0.15, 0.2) is 5.75 Å². The quantitative estimate of drug-likeness (QED) is 0.871. The molecule has 0 radical (unpaired) electrons. The predicted molar refractivity (Wildman–Crippen MR) is 71.8 cm³/mol. The van der Waals surface area contributed by atoms with Crippen molar-refractivity contribution in [3.63, 3.8) is 0 Å². The fraction of sp³-hybridized carbons (Fsp3) is 0.357. The van der Waals surface area contributed by atoms with Crippen LogP contribution in [0, 0.1) is 5.82 Å². The largest absolute Gasteiger partial charge is 0.454 e. The maximum absolute atomic E-state index is 13.7. The molecule has 0 aliphatic heterocycles. The number of benzene rings is 1. The van der Waals surface area contributed by atoms with Gasteiger partial charge >= 0.3 is 0 Å². The molecule has 0 saturated heterocycles. The molecule has 0 bridgehead atoms. The average molecular weight is 263 g/mol. The Balaban J connectivity index is 2.19. The van der Waals surface area contributed by atoms with Crippen molar-refractivity contribution < 1.29 is 9.13 Å². The Morgan fingerprint density at radius 2 is 2.26 bits per heavy atom. The molecule has 0 atom stereocenters. The van der Waals surface area contributed by atoms with Gasteiger partial charge in [0.1, 0.15) is 11.6 Å². The number of hydrogen-bond donors (Lipinski definition) is 1. The first-order valence-corrected chi connectivity index (χ1v) is 6.37. The molecule has 0 aliphatic carbocycles. The number of rotatable bonds is 6. The van der Waals surface area contributed by atoms with Crippen molar-refractivity contribution in [2.24, 2.45) is 0 Å². The Bertz CT molecular complexity index is 539. The summed E-state index contributed by atoms with van der Waals surface area (Å²) in [5.74, 6) is 0.870. The van der Waals surface area contributed by atoms with Gasteiger partial charge in [-0.3, -0.25) is 4.68 Å². The average Bonchev–Trinajstić information content (AvgIpc) is 2.82. The molecule has 19 heavy (non-hydrogen) atoms. The first kappa shape index (κ1) is 13.5. The highest BCUT2D eigenvalue weighted by Crippen LogP contribution is 2.26. The number of nitrogens with one attached hydrogen (secondary N) is 1. The number of nitrogens with zero attached hydrogens (tertiary/aromatic N) is 2. The summed E-state index contributed by atoms with van der Waals surface area (Å²) in [5, 5.41) is 7.12. The Morgan fingerprint density at radius 1 is 1.42 bits per heavy atom. The third kappa shape index (κ3) is 3.32. The van der Waals surface area contributed by atoms with Gasteiger partial charge in [-0.2, -0.15) is 5.10 Å². The van der Waals surface area contributed by atoms with Crippen molar-refractivity contribution in [1.29, 1.82) is 0 Å². The highest BCUT2D eigenvalue weighted by Gasteiger charge is 2.10. The molecule has 102 valence electrons. The maximum Gasteiger partial charge on any atom is 0.165 e. The monoisotopic (exact) mass is 263 g/mol. The van der Waals surface area contributed by atoms with Crippen molar-refractivity contribution in [2.75, 3.05) is 7.05 Å². The van der Waals surface area contributed by atoms with Crippen LogP contribution in [0.4, 0.5) is 4.39 Å². The van der Waals surface area contributed by atoms with Gasteiger partial charge in [0.05, 0.1) is 12.4 Å². The molecule has 0 unspecified atom stereocenters. The molecule has 0 fully saturated rings. The first-order valence-electron chi connectivity index (χ1n) is 6.37. The van der Waals surface area contributed by atoms with E-state index in [1.54, 1.807) is 25.4 Å². The van der Waals surface area contributed by atoms with Crippen LogP contribution in [0.2, 0.25) is 0 Å². The number of aryl methyl sites for hydroxylation is 1. The molecule has 2 aromatic rings. The van der Waals surface area contributed by atoms with Crippen LogP contribution in [0.3, 0.4) is 0 Å². The summed E-state index contributed by atoms with van der Waals surface area (Å²) in [7, 11) is 1.77. The van der Waals surface area contributed by atoms with E-state index < -0.39 is 0 Å². The number of halogens is 1. The topological polar surface area (TPSA) is 39.1 Å². The molecule has 1 N–H and O–H groups in total. The minimum atomic E-state index is -0.271. The van der Waals surface area contributed by atoms with Gasteiger partial charge in [0.2, 0.25) is 0 Å². The minimum Gasteiger partial charge on any atom is -0.454 e. The SMILES string of the molecule is CCCn1cc(Oc2cccc(F)c2CNC)cn1. The Labute approximate surface area is 112 Å². The maximum atomic E-state index is 13.7. The van der Waals surface area contributed by atoms with E-state index in [1.807, 2.05) is 10.9 Å². The summed E-state index contributed by atoms with van der Waals surface area (Å²) < 4.78 is 21.2. The zero-order chi connectivity index (χ0) is 13.7. The van der Waals surface area contributed by atoms with Gasteiger partial charge in [-0.1, -0.05) is 13.0 Å². The fourth-order valence-electron chi connectivity index (χ4n) is 1.86. The second-order valence-corrected chi connectivity index (χ2v) is 4.29. The third-order valence-corrected chi connectivity index (χ3v) is 2.72. The Morgan fingerprint density at radius 3 is 3.00 bits per heavy atom. The van der Waals surface area contributed by atoms with Crippen molar-refractivity contribution in [1.82, 2.24) is 15.1 Å². The molecule has 1 aromatic carbocycles. The lowest BCUT2D eigenvalue weighted by Crippen LogP contribution is -2.08. The van der Waals surface area contributed by atoms with E-state index in [-0.39, 0.29) is 5.82 Å². The molecule has 2 rings (SSSR count). The molecular weight excluding hydrogens is 245 g/mol. The Hall–Kier alpha value is -1.88. The van der Waals surface area contributed by atoms with Gasteiger partial charge in [-0.05, 0) is 25.6 Å². The fourth-order valence-corrected chi connectivity index (χ4v) is 1.86. The van der Waals surface area contributed by atoms with Gasteiger partial charge in [0, 0.05) is 18.7 Å². The van der Waals surface area contributed by atoms with E-state index in [0.717, 1.165) is 13.0 Å². The molecule has 1 heterocycles. The second-order valence-electron chi connectivity index (χ2n) is 4.29. The van der Waals surface area contributed by atoms with Crippen molar-refractivity contribution in [3.8, 4) is 11.5 Å². The smallest absolute Gasteiger partial charge is 0.165 e. The normalized spacial score (nSPS) is 10.7. The van der Waals surface area contributed by atoms with Crippen molar-refractivity contribution in [3.05, 3.63) is 42.0 Å². The lowest BCUT2D eigenvalue weighted by atomic mass is 10.2. The first-order chi connectivity index (χ1) is 9.24. The summed E-state index contributed by atoms with van der Waals surface area (Å²) in [6.07, 6.45) is 4.47. The second kappa shape index (κ2) is 6.33. The number of aromatic nitrogens is 2. The zero-order valence-corrected chi connectivity index (χ0v) is 11.2. The van der Waals surface area contributed by atoms with E-state index in [1.165, 1.54) is 6.07 Å². The molecule has 0 saturated carbocycles. The van der Waals surface area contributed by atoms with Gasteiger partial charge in [0.25, 0.3) is 0 Å². The lowest BCUT2D eigenvalue weighted by molar-refractivity contribution is 0.462. The predicted octanol–water partition coefficient (Wildman–Crippen LogP) is 2.94. The van der Waals surface area contributed by atoms with Crippen LogP contribution in [0.1, 0.15) is 18.9 Å². The standard InChI is InChI=1S/C14H18FN3O/c1-3-7-18-10-11(8-17-18)19-14-6-4-5-13(15)12(14)9-16-2/h4-6,8,10,16H,3,7,9H2,1-2H3. The molecule has 1 aromatic heterocycles. The summed E-state index contributed by atoms with van der Waals surface area (Å²) in [6, 6.07) is 4.83.